The number of hydrogen-bond acceptors (Lipinski definition) is 8. The molecule has 3 aliphatic rings. The molecule has 1 N–H and O–H groups in total. The van der Waals surface area contributed by atoms with E-state index in [0.29, 0.717) is 24.0 Å². The minimum atomic E-state index is -1.54. The van der Waals surface area contributed by atoms with Crippen molar-refractivity contribution in [3.63, 3.8) is 0 Å². The molecule has 8 nitrogen and oxygen atoms in total. The minimum Gasteiger partial charge on any atom is -0.472 e. The third-order valence-corrected chi connectivity index (χ3v) is 8.23. The summed E-state index contributed by atoms with van der Waals surface area (Å²) in [7, 11) is 1.32. The third kappa shape index (κ3) is 3.78. The number of carbonyl (C=O) groups excluding carboxylic acids is 3. The molecule has 1 aliphatic carbocycles. The van der Waals surface area contributed by atoms with Crippen molar-refractivity contribution in [2.75, 3.05) is 7.11 Å². The Kier molecular flexibility index (Phi) is 6.00. The molecule has 0 spiro atoms. The zero-order valence-corrected chi connectivity index (χ0v) is 20.0. The molecule has 0 bridgehead atoms. The maximum absolute atomic E-state index is 12.7. The highest BCUT2D eigenvalue weighted by atomic mass is 16.6. The zero-order chi connectivity index (χ0) is 24.9. The fraction of sp³-hybridized carbons (Fsp3) is 0.577. The molecule has 1 saturated heterocycles. The van der Waals surface area contributed by atoms with Gasteiger partial charge in [0.15, 0.2) is 0 Å². The third-order valence-electron chi connectivity index (χ3n) is 8.23. The predicted molar refractivity (Wildman–Crippen MR) is 120 cm³/mol. The summed E-state index contributed by atoms with van der Waals surface area (Å²) in [5.41, 5.74) is -2.15. The van der Waals surface area contributed by atoms with Gasteiger partial charge in [0.1, 0.15) is 17.3 Å². The van der Waals surface area contributed by atoms with Crippen molar-refractivity contribution < 1.29 is 38.1 Å². The number of fused-ring (bicyclic) bond motifs is 1. The maximum atomic E-state index is 12.7. The van der Waals surface area contributed by atoms with Crippen LogP contribution in [-0.4, -0.2) is 41.3 Å². The van der Waals surface area contributed by atoms with E-state index in [1.807, 2.05) is 6.92 Å². The number of esters is 3. The summed E-state index contributed by atoms with van der Waals surface area (Å²) < 4.78 is 21.5. The second-order valence-electron chi connectivity index (χ2n) is 10.4. The van der Waals surface area contributed by atoms with Crippen LogP contribution in [0.2, 0.25) is 0 Å². The van der Waals surface area contributed by atoms with Crippen LogP contribution in [0, 0.1) is 23.2 Å². The Morgan fingerprint density at radius 3 is 2.68 bits per heavy atom. The molecule has 8 heteroatoms. The number of ether oxygens (including phenoxy) is 3. The molecule has 0 radical (unpaired) electrons. The number of furan rings is 1. The molecule has 34 heavy (non-hydrogen) atoms. The lowest BCUT2D eigenvalue weighted by Crippen LogP contribution is -2.61. The van der Waals surface area contributed by atoms with Crippen LogP contribution >= 0.6 is 0 Å². The van der Waals surface area contributed by atoms with E-state index in [1.54, 1.807) is 26.0 Å². The van der Waals surface area contributed by atoms with Crippen LogP contribution < -0.4 is 0 Å². The molecule has 0 amide bonds. The van der Waals surface area contributed by atoms with Gasteiger partial charge in [-0.15, -0.1) is 0 Å². The topological polar surface area (TPSA) is 112 Å². The van der Waals surface area contributed by atoms with Crippen molar-refractivity contribution in [3.8, 4) is 0 Å². The zero-order valence-electron chi connectivity index (χ0n) is 20.0. The van der Waals surface area contributed by atoms with Crippen LogP contribution in [0.15, 0.2) is 47.3 Å². The van der Waals surface area contributed by atoms with Gasteiger partial charge in [-0.2, -0.15) is 0 Å². The van der Waals surface area contributed by atoms with E-state index in [1.165, 1.54) is 25.7 Å². The number of rotatable bonds is 4. The Morgan fingerprint density at radius 1 is 1.29 bits per heavy atom. The van der Waals surface area contributed by atoms with Gasteiger partial charge >= 0.3 is 17.9 Å². The number of allylic oxidation sites excluding steroid dienone is 1. The summed E-state index contributed by atoms with van der Waals surface area (Å²) in [6.07, 6.45) is 6.42. The van der Waals surface area contributed by atoms with Crippen molar-refractivity contribution in [1.82, 2.24) is 0 Å². The summed E-state index contributed by atoms with van der Waals surface area (Å²) in [5, 5.41) is 12.1. The van der Waals surface area contributed by atoms with Gasteiger partial charge < -0.3 is 23.7 Å². The smallest absolute Gasteiger partial charge is 0.330 e. The molecule has 184 valence electrons. The first-order valence-corrected chi connectivity index (χ1v) is 11.5. The molecular weight excluding hydrogens is 440 g/mol. The normalized spacial score (nSPS) is 37.3. The van der Waals surface area contributed by atoms with Gasteiger partial charge in [-0.25, -0.2) is 4.79 Å². The first kappa shape index (κ1) is 24.3. The molecule has 2 aliphatic heterocycles. The van der Waals surface area contributed by atoms with Gasteiger partial charge in [0, 0.05) is 23.0 Å². The monoisotopic (exact) mass is 472 g/mol. The van der Waals surface area contributed by atoms with Gasteiger partial charge in [0.2, 0.25) is 0 Å². The Morgan fingerprint density at radius 2 is 2.03 bits per heavy atom. The fourth-order valence-corrected chi connectivity index (χ4v) is 6.19. The molecule has 3 heterocycles. The Balaban J connectivity index is 1.74. The number of aliphatic hydroxyl groups is 1. The number of carbonyl (C=O) groups is 3. The SMILES string of the molecule is C=C1C(C2C=CC(=O)OC(C)(C)C2CC(=O)OC)CCC2(C)C(c3ccoc3)OC(=O)CC12O. The lowest BCUT2D eigenvalue weighted by molar-refractivity contribution is -0.213. The minimum absolute atomic E-state index is 0.0327. The van der Waals surface area contributed by atoms with Gasteiger partial charge in [-0.1, -0.05) is 19.6 Å². The lowest BCUT2D eigenvalue weighted by Gasteiger charge is -2.58. The van der Waals surface area contributed by atoms with E-state index in [2.05, 4.69) is 6.58 Å². The molecule has 0 aromatic carbocycles. The van der Waals surface area contributed by atoms with E-state index in [0.717, 1.165) is 0 Å². The largest absolute Gasteiger partial charge is 0.472 e. The maximum Gasteiger partial charge on any atom is 0.330 e. The number of methoxy groups -OCH3 is 1. The Hall–Kier alpha value is -2.87. The highest BCUT2D eigenvalue weighted by Gasteiger charge is 2.64. The molecular formula is C26H32O8. The fourth-order valence-electron chi connectivity index (χ4n) is 6.19. The van der Waals surface area contributed by atoms with Crippen LogP contribution in [-0.2, 0) is 28.6 Å². The van der Waals surface area contributed by atoms with E-state index >= 15 is 0 Å². The molecule has 4 rings (SSSR count). The Bertz CT molecular complexity index is 1020. The van der Waals surface area contributed by atoms with Crippen LogP contribution in [0.5, 0.6) is 0 Å². The summed E-state index contributed by atoms with van der Waals surface area (Å²) in [5.74, 6) is -2.48. The van der Waals surface area contributed by atoms with Crippen molar-refractivity contribution in [2.24, 2.45) is 23.2 Å². The Labute approximate surface area is 198 Å². The summed E-state index contributed by atoms with van der Waals surface area (Å²) in [4.78, 5) is 37.3. The molecule has 6 atom stereocenters. The first-order chi connectivity index (χ1) is 15.9. The van der Waals surface area contributed by atoms with Gasteiger partial charge in [0.05, 0.1) is 32.5 Å². The van der Waals surface area contributed by atoms with Gasteiger partial charge in [0.25, 0.3) is 0 Å². The predicted octanol–water partition coefficient (Wildman–Crippen LogP) is 3.66. The van der Waals surface area contributed by atoms with Crippen LogP contribution in [0.4, 0.5) is 0 Å². The second-order valence-corrected chi connectivity index (χ2v) is 10.4. The highest BCUT2D eigenvalue weighted by molar-refractivity contribution is 5.83. The van der Waals surface area contributed by atoms with E-state index in [4.69, 9.17) is 18.6 Å². The average Bonchev–Trinajstić information content (AvgIpc) is 3.26. The highest BCUT2D eigenvalue weighted by Crippen LogP contribution is 2.62. The first-order valence-electron chi connectivity index (χ1n) is 11.5. The second kappa shape index (κ2) is 8.41. The van der Waals surface area contributed by atoms with Crippen molar-refractivity contribution in [2.45, 2.75) is 63.8 Å². The van der Waals surface area contributed by atoms with Crippen molar-refractivity contribution in [3.05, 3.63) is 48.5 Å². The molecule has 2 fully saturated rings. The standard InChI is InChI=1S/C26H32O8/c1-15-17(18-6-7-20(27)34-24(2,3)19(18)12-21(28)31-5)8-10-25(4)23(16-9-11-32-14-16)33-22(29)13-26(15,25)30/h6-7,9,11,14,17-19,23,30H,1,8,10,12-13H2,2-5H3. The van der Waals surface area contributed by atoms with Crippen LogP contribution in [0.25, 0.3) is 0 Å². The van der Waals surface area contributed by atoms with Crippen LogP contribution in [0.1, 0.15) is 58.1 Å². The molecule has 1 aromatic heterocycles. The van der Waals surface area contributed by atoms with Gasteiger partial charge in [-0.3, -0.25) is 9.59 Å². The van der Waals surface area contributed by atoms with E-state index in [-0.39, 0.29) is 24.7 Å². The molecule has 1 aromatic rings. The van der Waals surface area contributed by atoms with E-state index in [9.17, 15) is 19.5 Å². The van der Waals surface area contributed by atoms with Crippen molar-refractivity contribution in [1.29, 1.82) is 0 Å². The van der Waals surface area contributed by atoms with Gasteiger partial charge in [-0.05, 0) is 50.2 Å². The van der Waals surface area contributed by atoms with Crippen LogP contribution in [0.3, 0.4) is 0 Å². The number of hydrogen-bond donors (Lipinski definition) is 1. The van der Waals surface area contributed by atoms with Crippen molar-refractivity contribution >= 4 is 17.9 Å². The average molecular weight is 473 g/mol. The molecule has 6 unspecified atom stereocenters. The summed E-state index contributed by atoms with van der Waals surface area (Å²) in [6, 6.07) is 1.73. The quantitative estimate of drug-likeness (QED) is 0.401. The molecule has 1 saturated carbocycles. The van der Waals surface area contributed by atoms with E-state index < -0.39 is 46.5 Å². The number of cyclic esters (lactones) is 2. The lowest BCUT2D eigenvalue weighted by atomic mass is 9.51. The summed E-state index contributed by atoms with van der Waals surface area (Å²) >= 11 is 0. The summed E-state index contributed by atoms with van der Waals surface area (Å²) in [6.45, 7) is 9.75.